The van der Waals surface area contributed by atoms with Crippen LogP contribution in [-0.4, -0.2) is 53.7 Å². The quantitative estimate of drug-likeness (QED) is 0.691. The molecular weight excluding hydrogens is 418 g/mol. The van der Waals surface area contributed by atoms with E-state index in [0.29, 0.717) is 37.4 Å². The number of rotatable bonds is 7. The summed E-state index contributed by atoms with van der Waals surface area (Å²) in [6, 6.07) is 16.6. The Balaban J connectivity index is 1.17. The molecule has 2 saturated heterocycles. The van der Waals surface area contributed by atoms with Crippen molar-refractivity contribution in [3.8, 4) is 11.5 Å². The third-order valence-electron chi connectivity index (χ3n) is 6.30. The van der Waals surface area contributed by atoms with E-state index in [1.807, 2.05) is 35.2 Å². The summed E-state index contributed by atoms with van der Waals surface area (Å²) in [6.45, 7) is 2.92. The molecule has 0 aromatic heterocycles. The van der Waals surface area contributed by atoms with Gasteiger partial charge in [-0.1, -0.05) is 18.2 Å². The van der Waals surface area contributed by atoms with Gasteiger partial charge in [-0.2, -0.15) is 0 Å². The fourth-order valence-electron chi connectivity index (χ4n) is 4.40. The zero-order valence-corrected chi connectivity index (χ0v) is 18.9. The van der Waals surface area contributed by atoms with E-state index in [4.69, 9.17) is 4.74 Å². The zero-order chi connectivity index (χ0) is 23.0. The van der Waals surface area contributed by atoms with Crippen LogP contribution in [0.1, 0.15) is 38.5 Å². The highest BCUT2D eigenvalue weighted by Crippen LogP contribution is 2.24. The molecule has 2 aliphatic heterocycles. The molecule has 7 heteroatoms. The zero-order valence-electron chi connectivity index (χ0n) is 18.9. The first-order valence-corrected chi connectivity index (χ1v) is 11.8. The van der Waals surface area contributed by atoms with Gasteiger partial charge in [0.1, 0.15) is 11.5 Å². The molecule has 2 aliphatic rings. The monoisotopic (exact) mass is 449 g/mol. The number of piperidine rings is 1. The number of para-hydroxylation sites is 1. The van der Waals surface area contributed by atoms with Crippen LogP contribution in [0.2, 0.25) is 0 Å². The molecule has 2 aromatic carbocycles. The summed E-state index contributed by atoms with van der Waals surface area (Å²) in [6.07, 6.45) is 3.92. The number of carbonyl (C=O) groups is 3. The van der Waals surface area contributed by atoms with Crippen LogP contribution in [0.15, 0.2) is 54.6 Å². The van der Waals surface area contributed by atoms with E-state index >= 15 is 0 Å². The molecule has 0 spiro atoms. The van der Waals surface area contributed by atoms with E-state index < -0.39 is 0 Å². The molecule has 1 N–H and O–H groups in total. The van der Waals surface area contributed by atoms with Gasteiger partial charge in [0.05, 0.1) is 0 Å². The molecule has 2 heterocycles. The molecule has 0 aliphatic carbocycles. The summed E-state index contributed by atoms with van der Waals surface area (Å²) in [5.74, 6) is 1.49. The lowest BCUT2D eigenvalue weighted by Crippen LogP contribution is -2.43. The maximum atomic E-state index is 12.5. The van der Waals surface area contributed by atoms with Gasteiger partial charge in [0.15, 0.2) is 0 Å². The number of carbonyl (C=O) groups excluding carboxylic acids is 3. The van der Waals surface area contributed by atoms with Crippen LogP contribution in [-0.2, 0) is 14.4 Å². The van der Waals surface area contributed by atoms with E-state index in [1.54, 1.807) is 29.2 Å². The molecule has 0 unspecified atom stereocenters. The maximum Gasteiger partial charge on any atom is 0.225 e. The van der Waals surface area contributed by atoms with Crippen LogP contribution < -0.4 is 10.1 Å². The van der Waals surface area contributed by atoms with E-state index in [1.165, 1.54) is 0 Å². The van der Waals surface area contributed by atoms with Crippen molar-refractivity contribution >= 4 is 23.4 Å². The molecule has 33 heavy (non-hydrogen) atoms. The highest BCUT2D eigenvalue weighted by molar-refractivity contribution is 5.93. The predicted octanol–water partition coefficient (Wildman–Crippen LogP) is 4.06. The first-order chi connectivity index (χ1) is 16.1. The maximum absolute atomic E-state index is 12.5. The van der Waals surface area contributed by atoms with Crippen LogP contribution in [0.4, 0.5) is 5.69 Å². The van der Waals surface area contributed by atoms with Crippen LogP contribution in [0.3, 0.4) is 0 Å². The summed E-state index contributed by atoms with van der Waals surface area (Å²) in [4.78, 5) is 41.1. The molecule has 3 amide bonds. The fourth-order valence-corrected chi connectivity index (χ4v) is 4.40. The molecule has 0 bridgehead atoms. The largest absolute Gasteiger partial charge is 0.457 e. The number of benzene rings is 2. The second-order valence-electron chi connectivity index (χ2n) is 8.68. The van der Waals surface area contributed by atoms with Crippen molar-refractivity contribution in [1.29, 1.82) is 0 Å². The Hall–Kier alpha value is -3.35. The Labute approximate surface area is 194 Å². The Morgan fingerprint density at radius 1 is 0.788 bits per heavy atom. The third-order valence-corrected chi connectivity index (χ3v) is 6.30. The van der Waals surface area contributed by atoms with E-state index in [9.17, 15) is 14.4 Å². The minimum atomic E-state index is -0.195. The normalized spacial score (nSPS) is 16.5. The number of anilines is 1. The summed E-state index contributed by atoms with van der Waals surface area (Å²) < 4.78 is 5.75. The summed E-state index contributed by atoms with van der Waals surface area (Å²) in [7, 11) is 0. The summed E-state index contributed by atoms with van der Waals surface area (Å²) >= 11 is 0. The number of likely N-dealkylation sites (tertiary alicyclic amines) is 2. The molecule has 4 rings (SSSR count). The number of hydrogen-bond acceptors (Lipinski definition) is 4. The lowest BCUT2D eigenvalue weighted by atomic mass is 9.95. The first kappa shape index (κ1) is 22.8. The van der Waals surface area contributed by atoms with Crippen LogP contribution in [0.25, 0.3) is 0 Å². The Morgan fingerprint density at radius 2 is 1.42 bits per heavy atom. The van der Waals surface area contributed by atoms with Crippen molar-refractivity contribution < 1.29 is 19.1 Å². The van der Waals surface area contributed by atoms with Crippen LogP contribution in [0.5, 0.6) is 11.5 Å². The van der Waals surface area contributed by atoms with Gasteiger partial charge in [-0.25, -0.2) is 0 Å². The second-order valence-corrected chi connectivity index (χ2v) is 8.68. The number of hydrogen-bond donors (Lipinski definition) is 1. The SMILES string of the molecule is O=C(CCC(=O)N1CCC(C(=O)N2CCCC2)CC1)Nc1ccc(Oc2ccccc2)cc1. The molecule has 0 atom stereocenters. The smallest absolute Gasteiger partial charge is 0.225 e. The van der Waals surface area contributed by atoms with Crippen molar-refractivity contribution in [3.63, 3.8) is 0 Å². The highest BCUT2D eigenvalue weighted by atomic mass is 16.5. The number of nitrogens with zero attached hydrogens (tertiary/aromatic N) is 2. The molecular formula is C26H31N3O4. The minimum absolute atomic E-state index is 0.0242. The first-order valence-electron chi connectivity index (χ1n) is 11.8. The lowest BCUT2D eigenvalue weighted by Gasteiger charge is -2.33. The van der Waals surface area contributed by atoms with Crippen molar-refractivity contribution in [2.75, 3.05) is 31.5 Å². The number of amides is 3. The topological polar surface area (TPSA) is 79.0 Å². The Morgan fingerprint density at radius 3 is 2.09 bits per heavy atom. The number of ether oxygens (including phenoxy) is 1. The average molecular weight is 450 g/mol. The van der Waals surface area contributed by atoms with E-state index in [2.05, 4.69) is 5.32 Å². The van der Waals surface area contributed by atoms with Gasteiger partial charge in [0, 0.05) is 50.6 Å². The fraction of sp³-hybridized carbons (Fsp3) is 0.423. The second kappa shape index (κ2) is 11.0. The standard InChI is InChI=1S/C26H31N3O4/c30-24(27-21-8-10-23(11-9-21)33-22-6-2-1-3-7-22)12-13-25(31)28-18-14-20(15-19-28)26(32)29-16-4-5-17-29/h1-3,6-11,20H,4-5,12-19H2,(H,27,30). The van der Waals surface area contributed by atoms with Gasteiger partial charge in [-0.3, -0.25) is 14.4 Å². The van der Waals surface area contributed by atoms with Gasteiger partial charge in [0.25, 0.3) is 0 Å². The van der Waals surface area contributed by atoms with Crippen molar-refractivity contribution in [2.24, 2.45) is 5.92 Å². The summed E-state index contributed by atoms with van der Waals surface area (Å²) in [5, 5.41) is 2.83. The van der Waals surface area contributed by atoms with Crippen molar-refractivity contribution in [1.82, 2.24) is 9.80 Å². The van der Waals surface area contributed by atoms with Crippen molar-refractivity contribution in [2.45, 2.75) is 38.5 Å². The Bertz CT molecular complexity index is 947. The molecule has 2 fully saturated rings. The van der Waals surface area contributed by atoms with Gasteiger partial charge >= 0.3 is 0 Å². The lowest BCUT2D eigenvalue weighted by molar-refractivity contribution is -0.140. The highest BCUT2D eigenvalue weighted by Gasteiger charge is 2.31. The third kappa shape index (κ3) is 6.34. The minimum Gasteiger partial charge on any atom is -0.457 e. The van der Waals surface area contributed by atoms with E-state index in [0.717, 1.165) is 31.7 Å². The average Bonchev–Trinajstić information content (AvgIpc) is 3.39. The van der Waals surface area contributed by atoms with Crippen LogP contribution >= 0.6 is 0 Å². The van der Waals surface area contributed by atoms with Gasteiger partial charge in [-0.15, -0.1) is 0 Å². The molecule has 0 radical (unpaired) electrons. The van der Waals surface area contributed by atoms with Gasteiger partial charge in [0.2, 0.25) is 17.7 Å². The van der Waals surface area contributed by atoms with Crippen LogP contribution in [0, 0.1) is 5.92 Å². The van der Waals surface area contributed by atoms with Gasteiger partial charge < -0.3 is 19.9 Å². The number of nitrogens with one attached hydrogen (secondary N) is 1. The molecule has 174 valence electrons. The van der Waals surface area contributed by atoms with Crippen molar-refractivity contribution in [3.05, 3.63) is 54.6 Å². The van der Waals surface area contributed by atoms with E-state index in [-0.39, 0.29) is 36.5 Å². The Kier molecular flexibility index (Phi) is 7.60. The predicted molar refractivity (Wildman–Crippen MR) is 126 cm³/mol. The molecule has 2 aromatic rings. The summed E-state index contributed by atoms with van der Waals surface area (Å²) in [5.41, 5.74) is 0.661. The van der Waals surface area contributed by atoms with Gasteiger partial charge in [-0.05, 0) is 62.1 Å². The molecule has 7 nitrogen and oxygen atoms in total. The molecule has 0 saturated carbocycles.